The van der Waals surface area contributed by atoms with Crippen LogP contribution in [0.4, 0.5) is 0 Å². The zero-order chi connectivity index (χ0) is 15.0. The monoisotopic (exact) mass is 312 g/mol. The Bertz CT molecular complexity index is 558. The number of hydrogen-bond acceptors (Lipinski definition) is 5. The first-order chi connectivity index (χ1) is 10.1. The summed E-state index contributed by atoms with van der Waals surface area (Å²) in [6, 6.07) is 2.66. The molecule has 7 heteroatoms. The maximum atomic E-state index is 11.7. The van der Waals surface area contributed by atoms with Crippen molar-refractivity contribution in [3.8, 4) is 11.5 Å². The van der Waals surface area contributed by atoms with Crippen LogP contribution in [0.25, 0.3) is 0 Å². The molecule has 0 aromatic heterocycles. The summed E-state index contributed by atoms with van der Waals surface area (Å²) in [5, 5.41) is 10.0. The van der Waals surface area contributed by atoms with Crippen molar-refractivity contribution in [2.24, 2.45) is 0 Å². The average Bonchev–Trinajstić information content (AvgIpc) is 2.90. The van der Waals surface area contributed by atoms with Gasteiger partial charge in [0, 0.05) is 26.2 Å². The molecule has 1 N–H and O–H groups in total. The summed E-state index contributed by atoms with van der Waals surface area (Å²) in [7, 11) is 2.03. The number of halogens is 1. The molecule has 0 aliphatic carbocycles. The molecule has 3 rings (SSSR count). The highest BCUT2D eigenvalue weighted by Crippen LogP contribution is 2.42. The Morgan fingerprint density at radius 1 is 1.29 bits per heavy atom. The van der Waals surface area contributed by atoms with E-state index in [9.17, 15) is 9.90 Å². The van der Waals surface area contributed by atoms with Gasteiger partial charge < -0.3 is 19.5 Å². The minimum Gasteiger partial charge on any atom is -0.480 e. The second-order valence-corrected chi connectivity index (χ2v) is 5.72. The number of hydrogen-bond donors (Lipinski definition) is 1. The first-order valence-corrected chi connectivity index (χ1v) is 7.18. The molecule has 2 aliphatic heterocycles. The molecule has 0 bridgehead atoms. The van der Waals surface area contributed by atoms with Crippen LogP contribution in [0.2, 0.25) is 5.02 Å². The zero-order valence-electron chi connectivity index (χ0n) is 11.7. The van der Waals surface area contributed by atoms with Crippen molar-refractivity contribution in [3.63, 3.8) is 0 Å². The number of ether oxygens (including phenoxy) is 2. The van der Waals surface area contributed by atoms with Crippen LogP contribution in [0.5, 0.6) is 11.5 Å². The number of carboxylic acid groups (broad SMARTS) is 1. The van der Waals surface area contributed by atoms with Crippen LogP contribution in [-0.4, -0.2) is 60.9 Å². The number of benzene rings is 1. The third-order valence-electron chi connectivity index (χ3n) is 3.90. The third kappa shape index (κ3) is 2.79. The van der Waals surface area contributed by atoms with Gasteiger partial charge in [-0.2, -0.15) is 0 Å². The van der Waals surface area contributed by atoms with Crippen LogP contribution in [0, 0.1) is 0 Å². The molecule has 1 fully saturated rings. The van der Waals surface area contributed by atoms with Crippen molar-refractivity contribution in [3.05, 3.63) is 22.7 Å². The van der Waals surface area contributed by atoms with Gasteiger partial charge in [-0.1, -0.05) is 11.6 Å². The summed E-state index contributed by atoms with van der Waals surface area (Å²) in [5.41, 5.74) is 0.626. The average molecular weight is 313 g/mol. The predicted octanol–water partition coefficient (Wildman–Crippen LogP) is 1.44. The van der Waals surface area contributed by atoms with Gasteiger partial charge >= 0.3 is 5.97 Å². The van der Waals surface area contributed by atoms with Gasteiger partial charge in [-0.3, -0.25) is 9.69 Å². The second kappa shape index (κ2) is 5.71. The molecule has 1 aromatic carbocycles. The number of nitrogens with zero attached hydrogens (tertiary/aromatic N) is 2. The van der Waals surface area contributed by atoms with Gasteiger partial charge in [-0.05, 0) is 24.7 Å². The number of aliphatic carboxylic acids is 1. The lowest BCUT2D eigenvalue weighted by Crippen LogP contribution is -2.47. The summed E-state index contributed by atoms with van der Waals surface area (Å²) in [5.74, 6) is 0.121. The lowest BCUT2D eigenvalue weighted by molar-refractivity contribution is -0.144. The Hall–Kier alpha value is -1.50. The van der Waals surface area contributed by atoms with Crippen molar-refractivity contribution in [1.29, 1.82) is 0 Å². The third-order valence-corrected chi connectivity index (χ3v) is 4.18. The summed E-state index contributed by atoms with van der Waals surface area (Å²) in [4.78, 5) is 15.9. The molecule has 1 atom stereocenters. The Morgan fingerprint density at radius 2 is 2.00 bits per heavy atom. The number of rotatable bonds is 3. The molecule has 6 nitrogen and oxygen atoms in total. The van der Waals surface area contributed by atoms with Crippen molar-refractivity contribution in [2.75, 3.05) is 40.0 Å². The molecular formula is C14H17ClN2O4. The van der Waals surface area contributed by atoms with Gasteiger partial charge in [0.2, 0.25) is 6.79 Å². The summed E-state index contributed by atoms with van der Waals surface area (Å²) >= 11 is 6.16. The Labute approximate surface area is 127 Å². The second-order valence-electron chi connectivity index (χ2n) is 5.32. The Balaban J connectivity index is 1.91. The molecule has 0 amide bonds. The molecule has 1 aromatic rings. The molecule has 2 aliphatic rings. The molecule has 0 spiro atoms. The fourth-order valence-corrected chi connectivity index (χ4v) is 3.01. The van der Waals surface area contributed by atoms with Crippen LogP contribution >= 0.6 is 11.6 Å². The van der Waals surface area contributed by atoms with E-state index in [0.29, 0.717) is 35.2 Å². The maximum Gasteiger partial charge on any atom is 0.325 e. The lowest BCUT2D eigenvalue weighted by atomic mass is 10.0. The van der Waals surface area contributed by atoms with Crippen LogP contribution in [0.15, 0.2) is 12.1 Å². The molecule has 0 radical (unpaired) electrons. The Morgan fingerprint density at radius 3 is 2.67 bits per heavy atom. The Kier molecular flexibility index (Phi) is 3.93. The van der Waals surface area contributed by atoms with E-state index in [4.69, 9.17) is 21.1 Å². The number of carbonyl (C=O) groups is 1. The number of fused-ring (bicyclic) bond motifs is 1. The minimum absolute atomic E-state index is 0.116. The largest absolute Gasteiger partial charge is 0.480 e. The van der Waals surface area contributed by atoms with E-state index in [-0.39, 0.29) is 6.79 Å². The molecule has 1 unspecified atom stereocenters. The van der Waals surface area contributed by atoms with Crippen molar-refractivity contribution in [1.82, 2.24) is 9.80 Å². The molecule has 2 heterocycles. The highest BCUT2D eigenvalue weighted by molar-refractivity contribution is 6.32. The van der Waals surface area contributed by atoms with Gasteiger partial charge in [0.15, 0.2) is 11.5 Å². The predicted molar refractivity (Wildman–Crippen MR) is 77.0 cm³/mol. The first-order valence-electron chi connectivity index (χ1n) is 6.80. The molecule has 114 valence electrons. The van der Waals surface area contributed by atoms with Crippen molar-refractivity contribution in [2.45, 2.75) is 6.04 Å². The van der Waals surface area contributed by atoms with Gasteiger partial charge in [0.25, 0.3) is 0 Å². The fraction of sp³-hybridized carbons (Fsp3) is 0.500. The molecule has 0 saturated carbocycles. The highest BCUT2D eigenvalue weighted by Gasteiger charge is 2.31. The van der Waals surface area contributed by atoms with Crippen molar-refractivity contribution < 1.29 is 19.4 Å². The SMILES string of the molecule is CN1CCN(C(C(=O)O)c2cc(Cl)c3c(c2)OCO3)CC1. The van der Waals surface area contributed by atoms with Crippen LogP contribution < -0.4 is 9.47 Å². The smallest absolute Gasteiger partial charge is 0.325 e. The van der Waals surface area contributed by atoms with E-state index in [1.54, 1.807) is 12.1 Å². The molecular weight excluding hydrogens is 296 g/mol. The summed E-state index contributed by atoms with van der Waals surface area (Å²) < 4.78 is 10.6. The standard InChI is InChI=1S/C14H17ClN2O4/c1-16-2-4-17(5-3-16)12(14(18)19)9-6-10(15)13-11(7-9)20-8-21-13/h6-7,12H,2-5,8H2,1H3,(H,18,19). The van der Waals surface area contributed by atoms with E-state index in [0.717, 1.165) is 13.1 Å². The van der Waals surface area contributed by atoms with E-state index >= 15 is 0 Å². The first kappa shape index (κ1) is 14.4. The van der Waals surface area contributed by atoms with Gasteiger partial charge in [0.05, 0.1) is 5.02 Å². The van der Waals surface area contributed by atoms with E-state index in [1.165, 1.54) is 0 Å². The van der Waals surface area contributed by atoms with E-state index < -0.39 is 12.0 Å². The van der Waals surface area contributed by atoms with Crippen LogP contribution in [0.1, 0.15) is 11.6 Å². The van der Waals surface area contributed by atoms with E-state index in [1.807, 2.05) is 11.9 Å². The zero-order valence-corrected chi connectivity index (χ0v) is 12.5. The summed E-state index contributed by atoms with van der Waals surface area (Å²) in [6.07, 6.45) is 0. The quantitative estimate of drug-likeness (QED) is 0.911. The highest BCUT2D eigenvalue weighted by atomic mass is 35.5. The summed E-state index contributed by atoms with van der Waals surface area (Å²) in [6.45, 7) is 3.23. The molecule has 21 heavy (non-hydrogen) atoms. The minimum atomic E-state index is -0.880. The number of likely N-dealkylation sites (N-methyl/N-ethyl adjacent to an activating group) is 1. The van der Waals surface area contributed by atoms with Crippen LogP contribution in [-0.2, 0) is 4.79 Å². The van der Waals surface area contributed by atoms with Gasteiger partial charge in [-0.15, -0.1) is 0 Å². The van der Waals surface area contributed by atoms with Gasteiger partial charge in [0.1, 0.15) is 6.04 Å². The van der Waals surface area contributed by atoms with Gasteiger partial charge in [-0.25, -0.2) is 0 Å². The van der Waals surface area contributed by atoms with Crippen molar-refractivity contribution >= 4 is 17.6 Å². The number of piperazine rings is 1. The normalized spacial score (nSPS) is 20.5. The van der Waals surface area contributed by atoms with Crippen LogP contribution in [0.3, 0.4) is 0 Å². The molecule has 1 saturated heterocycles. The lowest BCUT2D eigenvalue weighted by Gasteiger charge is -2.36. The number of carboxylic acids is 1. The van der Waals surface area contributed by atoms with E-state index in [2.05, 4.69) is 4.90 Å². The fourth-order valence-electron chi connectivity index (χ4n) is 2.73. The maximum absolute atomic E-state index is 11.7. The topological polar surface area (TPSA) is 62.2 Å².